The molecule has 0 aliphatic carbocycles. The van der Waals surface area contributed by atoms with Crippen LogP contribution in [0.5, 0.6) is 0 Å². The second-order valence-electron chi connectivity index (χ2n) is 3.98. The number of hydrogen-bond acceptors (Lipinski definition) is 2. The zero-order chi connectivity index (χ0) is 14.5. The summed E-state index contributed by atoms with van der Waals surface area (Å²) in [5.74, 6) is -0.490. The third-order valence-corrected chi connectivity index (χ3v) is 4.02. The third kappa shape index (κ3) is 3.98. The average molecular weight is 373 g/mol. The number of carbonyl (C=O) groups excluding carboxylic acids is 1. The average Bonchev–Trinajstić information content (AvgIpc) is 2.42. The Labute approximate surface area is 135 Å². The Bertz CT molecular complexity index is 609. The molecule has 0 aliphatic heterocycles. The molecule has 2 aromatic rings. The van der Waals surface area contributed by atoms with Crippen molar-refractivity contribution in [2.24, 2.45) is 0 Å². The van der Waals surface area contributed by atoms with Crippen molar-refractivity contribution in [3.8, 4) is 0 Å². The van der Waals surface area contributed by atoms with E-state index in [4.69, 9.17) is 27.9 Å². The Morgan fingerprint density at radius 1 is 1.10 bits per heavy atom. The quantitative estimate of drug-likeness (QED) is 0.701. The summed E-state index contributed by atoms with van der Waals surface area (Å²) in [6.45, 7) is 0.179. The van der Waals surface area contributed by atoms with Crippen LogP contribution in [-0.4, -0.2) is 5.97 Å². The molecule has 2 aromatic carbocycles. The number of benzene rings is 2. The van der Waals surface area contributed by atoms with Crippen LogP contribution in [-0.2, 0) is 16.1 Å². The number of ether oxygens (including phenoxy) is 1. The van der Waals surface area contributed by atoms with Crippen LogP contribution < -0.4 is 0 Å². The molecule has 0 heterocycles. The lowest BCUT2D eigenvalue weighted by molar-refractivity contribution is -0.140. The monoisotopic (exact) mass is 371 g/mol. The molecular formula is C15H10BrCl2O2. The van der Waals surface area contributed by atoms with Crippen LogP contribution in [0.2, 0.25) is 10.0 Å². The first-order chi connectivity index (χ1) is 9.58. The smallest absolute Gasteiger partial charge is 0.315 e. The van der Waals surface area contributed by atoms with E-state index >= 15 is 0 Å². The zero-order valence-electron chi connectivity index (χ0n) is 10.3. The molecule has 0 fully saturated rings. The molecule has 1 radical (unpaired) electrons. The fraction of sp³-hybridized carbons (Fsp3) is 0.0667. The molecule has 0 N–H and O–H groups in total. The van der Waals surface area contributed by atoms with Gasteiger partial charge in [-0.3, -0.25) is 4.79 Å². The molecule has 0 unspecified atom stereocenters. The Balaban J connectivity index is 1.98. The summed E-state index contributed by atoms with van der Waals surface area (Å²) in [4.78, 5) is 11.8. The van der Waals surface area contributed by atoms with E-state index in [1.165, 1.54) is 6.42 Å². The van der Waals surface area contributed by atoms with Gasteiger partial charge in [-0.1, -0.05) is 63.4 Å². The molecule has 0 saturated heterocycles. The fourth-order valence-electron chi connectivity index (χ4n) is 1.57. The van der Waals surface area contributed by atoms with Crippen LogP contribution >= 0.6 is 39.1 Å². The van der Waals surface area contributed by atoms with E-state index in [1.807, 2.05) is 24.3 Å². The van der Waals surface area contributed by atoms with Gasteiger partial charge in [0.05, 0.1) is 0 Å². The molecule has 0 atom stereocenters. The summed E-state index contributed by atoms with van der Waals surface area (Å²) in [6.07, 6.45) is 1.29. The first-order valence-electron chi connectivity index (χ1n) is 5.77. The number of esters is 1. The van der Waals surface area contributed by atoms with Crippen LogP contribution in [0.4, 0.5) is 0 Å². The maximum Gasteiger partial charge on any atom is 0.315 e. The van der Waals surface area contributed by atoms with Gasteiger partial charge in [0, 0.05) is 25.6 Å². The van der Waals surface area contributed by atoms with Crippen molar-refractivity contribution >= 4 is 45.1 Å². The van der Waals surface area contributed by atoms with E-state index in [0.717, 1.165) is 10.0 Å². The van der Waals surface area contributed by atoms with Crippen molar-refractivity contribution in [1.29, 1.82) is 0 Å². The van der Waals surface area contributed by atoms with Crippen LogP contribution in [0.3, 0.4) is 0 Å². The molecule has 0 bridgehead atoms. The van der Waals surface area contributed by atoms with Crippen molar-refractivity contribution in [1.82, 2.24) is 0 Å². The minimum absolute atomic E-state index is 0.179. The van der Waals surface area contributed by atoms with Gasteiger partial charge in [-0.25, -0.2) is 0 Å². The topological polar surface area (TPSA) is 26.3 Å². The Kier molecular flexibility index (Phi) is 5.46. The van der Waals surface area contributed by atoms with E-state index in [9.17, 15) is 4.79 Å². The van der Waals surface area contributed by atoms with E-state index in [0.29, 0.717) is 15.6 Å². The van der Waals surface area contributed by atoms with E-state index < -0.39 is 5.97 Å². The Morgan fingerprint density at radius 3 is 2.40 bits per heavy atom. The molecule has 103 valence electrons. The van der Waals surface area contributed by atoms with Crippen LogP contribution in [0.15, 0.2) is 46.9 Å². The number of hydrogen-bond donors (Lipinski definition) is 0. The Hall–Kier alpha value is -1.03. The summed E-state index contributed by atoms with van der Waals surface area (Å²) in [7, 11) is 0. The molecule has 2 nitrogen and oxygen atoms in total. The van der Waals surface area contributed by atoms with Crippen molar-refractivity contribution in [2.75, 3.05) is 0 Å². The van der Waals surface area contributed by atoms with Gasteiger partial charge >= 0.3 is 5.97 Å². The molecule has 20 heavy (non-hydrogen) atoms. The SMILES string of the molecule is O=C([CH]c1c(Cl)cccc1Cl)OCc1ccccc1Br. The summed E-state index contributed by atoms with van der Waals surface area (Å²) in [5, 5.41) is 0.825. The largest absolute Gasteiger partial charge is 0.460 e. The minimum atomic E-state index is -0.490. The molecular weight excluding hydrogens is 363 g/mol. The third-order valence-electron chi connectivity index (χ3n) is 2.59. The molecule has 0 aliphatic rings. The van der Waals surface area contributed by atoms with Crippen molar-refractivity contribution in [2.45, 2.75) is 6.61 Å². The van der Waals surface area contributed by atoms with Gasteiger partial charge in [0.25, 0.3) is 0 Å². The summed E-state index contributed by atoms with van der Waals surface area (Å²) in [5.41, 5.74) is 1.35. The van der Waals surface area contributed by atoms with Crippen LogP contribution in [0, 0.1) is 6.42 Å². The predicted molar refractivity (Wildman–Crippen MR) is 83.8 cm³/mol. The van der Waals surface area contributed by atoms with E-state index in [-0.39, 0.29) is 6.61 Å². The van der Waals surface area contributed by atoms with E-state index in [2.05, 4.69) is 15.9 Å². The highest BCUT2D eigenvalue weighted by molar-refractivity contribution is 9.10. The number of carbonyl (C=O) groups is 1. The molecule has 0 spiro atoms. The number of halogens is 3. The highest BCUT2D eigenvalue weighted by Crippen LogP contribution is 2.26. The Morgan fingerprint density at radius 2 is 1.75 bits per heavy atom. The van der Waals surface area contributed by atoms with Crippen molar-refractivity contribution < 1.29 is 9.53 Å². The second-order valence-corrected chi connectivity index (χ2v) is 5.65. The van der Waals surface area contributed by atoms with Crippen LogP contribution in [0.25, 0.3) is 0 Å². The van der Waals surface area contributed by atoms with Gasteiger partial charge < -0.3 is 4.74 Å². The molecule has 0 aromatic heterocycles. The van der Waals surface area contributed by atoms with Gasteiger partial charge in [-0.05, 0) is 18.2 Å². The van der Waals surface area contributed by atoms with Gasteiger partial charge in [-0.2, -0.15) is 0 Å². The number of rotatable bonds is 4. The predicted octanol–water partition coefficient (Wildman–Crippen LogP) is 5.05. The normalized spacial score (nSPS) is 10.3. The maximum absolute atomic E-state index is 11.8. The highest BCUT2D eigenvalue weighted by atomic mass is 79.9. The summed E-state index contributed by atoms with van der Waals surface area (Å²) in [6, 6.07) is 12.6. The molecule has 5 heteroatoms. The lowest BCUT2D eigenvalue weighted by Gasteiger charge is -2.08. The second kappa shape index (κ2) is 7.11. The first kappa shape index (κ1) is 15.4. The van der Waals surface area contributed by atoms with E-state index in [1.54, 1.807) is 18.2 Å². The maximum atomic E-state index is 11.8. The molecule has 2 rings (SSSR count). The lowest BCUT2D eigenvalue weighted by Crippen LogP contribution is -2.07. The van der Waals surface area contributed by atoms with Gasteiger partial charge in [-0.15, -0.1) is 0 Å². The van der Waals surface area contributed by atoms with Gasteiger partial charge in [0.2, 0.25) is 0 Å². The zero-order valence-corrected chi connectivity index (χ0v) is 13.4. The van der Waals surface area contributed by atoms with Crippen molar-refractivity contribution in [3.05, 3.63) is 74.5 Å². The van der Waals surface area contributed by atoms with Crippen molar-refractivity contribution in [3.63, 3.8) is 0 Å². The summed E-state index contributed by atoms with van der Waals surface area (Å²) >= 11 is 15.4. The molecule has 0 amide bonds. The minimum Gasteiger partial charge on any atom is -0.460 e. The summed E-state index contributed by atoms with van der Waals surface area (Å²) < 4.78 is 6.07. The van der Waals surface area contributed by atoms with Crippen LogP contribution in [0.1, 0.15) is 11.1 Å². The standard InChI is InChI=1S/C15H10BrCl2O2/c16-12-5-2-1-4-10(12)9-20-15(19)8-11-13(17)6-3-7-14(11)18/h1-8H,9H2. The fourth-order valence-corrected chi connectivity index (χ4v) is 2.48. The first-order valence-corrected chi connectivity index (χ1v) is 7.32. The lowest BCUT2D eigenvalue weighted by atomic mass is 10.1. The van der Waals surface area contributed by atoms with Gasteiger partial charge in [0.1, 0.15) is 13.0 Å². The van der Waals surface area contributed by atoms with Gasteiger partial charge in [0.15, 0.2) is 0 Å². The molecule has 0 saturated carbocycles. The highest BCUT2D eigenvalue weighted by Gasteiger charge is 2.13.